The van der Waals surface area contributed by atoms with Crippen LogP contribution in [0.25, 0.3) is 11.0 Å². The number of aryl methyl sites for hydroxylation is 2. The Bertz CT molecular complexity index is 566. The minimum atomic E-state index is 0.476. The molecule has 1 heterocycles. The summed E-state index contributed by atoms with van der Waals surface area (Å²) < 4.78 is 10.9. The Hall–Kier alpha value is -1.77. The summed E-state index contributed by atoms with van der Waals surface area (Å²) in [5, 5.41) is 1.09. The molecule has 0 unspecified atom stereocenters. The molecule has 0 atom stereocenters. The summed E-state index contributed by atoms with van der Waals surface area (Å²) in [5.74, 6) is 1.37. The second kappa shape index (κ2) is 3.37. The maximum absolute atomic E-state index is 10.9. The molecule has 3 rings (SSSR count). The van der Waals surface area contributed by atoms with Gasteiger partial charge in [-0.2, -0.15) is 0 Å². The van der Waals surface area contributed by atoms with Crippen LogP contribution in [0.4, 0.5) is 0 Å². The standard InChI is InChI=1S/C13H12O3/c1-15-10-5-6-11-13-8(10)3-2-4-9(13)12(7-14)16-11/h5-7H,2-4H2,1H3. The zero-order chi connectivity index (χ0) is 11.1. The Labute approximate surface area is 93.0 Å². The molecule has 0 radical (unpaired) electrons. The van der Waals surface area contributed by atoms with E-state index in [4.69, 9.17) is 9.15 Å². The number of hydrogen-bond acceptors (Lipinski definition) is 3. The van der Waals surface area contributed by atoms with E-state index in [-0.39, 0.29) is 0 Å². The molecular weight excluding hydrogens is 204 g/mol. The third kappa shape index (κ3) is 1.11. The summed E-state index contributed by atoms with van der Waals surface area (Å²) in [6.45, 7) is 0. The van der Waals surface area contributed by atoms with Crippen molar-refractivity contribution in [3.8, 4) is 5.75 Å². The number of methoxy groups -OCH3 is 1. The highest BCUT2D eigenvalue weighted by molar-refractivity contribution is 5.93. The van der Waals surface area contributed by atoms with Gasteiger partial charge in [0.25, 0.3) is 0 Å². The number of carbonyl (C=O) groups excluding carboxylic acids is 1. The molecule has 0 aliphatic heterocycles. The van der Waals surface area contributed by atoms with Crippen molar-refractivity contribution in [2.75, 3.05) is 7.11 Å². The molecule has 3 heteroatoms. The topological polar surface area (TPSA) is 39.4 Å². The van der Waals surface area contributed by atoms with Crippen LogP contribution in [0.2, 0.25) is 0 Å². The molecule has 16 heavy (non-hydrogen) atoms. The van der Waals surface area contributed by atoms with Gasteiger partial charge in [-0.15, -0.1) is 0 Å². The van der Waals surface area contributed by atoms with E-state index < -0.39 is 0 Å². The first-order valence-electron chi connectivity index (χ1n) is 5.41. The van der Waals surface area contributed by atoms with Gasteiger partial charge in [0.05, 0.1) is 7.11 Å². The van der Waals surface area contributed by atoms with Gasteiger partial charge in [-0.3, -0.25) is 4.79 Å². The van der Waals surface area contributed by atoms with Crippen LogP contribution in [-0.4, -0.2) is 13.4 Å². The average molecular weight is 216 g/mol. The van der Waals surface area contributed by atoms with Crippen molar-refractivity contribution in [1.29, 1.82) is 0 Å². The Morgan fingerprint density at radius 3 is 2.88 bits per heavy atom. The summed E-state index contributed by atoms with van der Waals surface area (Å²) in [5.41, 5.74) is 3.02. The lowest BCUT2D eigenvalue weighted by molar-refractivity contribution is 0.110. The Morgan fingerprint density at radius 2 is 2.12 bits per heavy atom. The second-order valence-electron chi connectivity index (χ2n) is 4.04. The highest BCUT2D eigenvalue weighted by Gasteiger charge is 2.22. The molecule has 0 fully saturated rings. The number of furan rings is 1. The van der Waals surface area contributed by atoms with Crippen LogP contribution in [0.5, 0.6) is 5.75 Å². The van der Waals surface area contributed by atoms with Gasteiger partial charge in [0.2, 0.25) is 0 Å². The van der Waals surface area contributed by atoms with Gasteiger partial charge in [0, 0.05) is 16.5 Å². The van der Waals surface area contributed by atoms with Crippen molar-refractivity contribution in [1.82, 2.24) is 0 Å². The van der Waals surface area contributed by atoms with Crippen LogP contribution in [0.15, 0.2) is 16.5 Å². The average Bonchev–Trinajstić information content (AvgIpc) is 2.70. The van der Waals surface area contributed by atoms with E-state index in [1.165, 1.54) is 5.56 Å². The summed E-state index contributed by atoms with van der Waals surface area (Å²) in [4.78, 5) is 10.9. The molecule has 1 aromatic carbocycles. The molecule has 2 aromatic rings. The molecule has 0 amide bonds. The Kier molecular flexibility index (Phi) is 1.99. The first-order chi connectivity index (χ1) is 7.85. The fourth-order valence-electron chi connectivity index (χ4n) is 2.55. The van der Waals surface area contributed by atoms with Crippen LogP contribution >= 0.6 is 0 Å². The van der Waals surface area contributed by atoms with Gasteiger partial charge in [0.15, 0.2) is 12.0 Å². The number of rotatable bonds is 2. The lowest BCUT2D eigenvalue weighted by atomic mass is 9.91. The smallest absolute Gasteiger partial charge is 0.185 e. The number of ether oxygens (including phenoxy) is 1. The summed E-state index contributed by atoms with van der Waals surface area (Å²) in [7, 11) is 1.67. The van der Waals surface area contributed by atoms with Crippen LogP contribution in [0.3, 0.4) is 0 Å². The zero-order valence-corrected chi connectivity index (χ0v) is 9.08. The maximum Gasteiger partial charge on any atom is 0.185 e. The number of carbonyl (C=O) groups is 1. The molecule has 0 spiro atoms. The highest BCUT2D eigenvalue weighted by atomic mass is 16.5. The van der Waals surface area contributed by atoms with Gasteiger partial charge in [-0.1, -0.05) is 0 Å². The fraction of sp³-hybridized carbons (Fsp3) is 0.308. The second-order valence-corrected chi connectivity index (χ2v) is 4.04. The normalized spacial score (nSPS) is 14.1. The third-order valence-corrected chi connectivity index (χ3v) is 3.23. The molecule has 0 saturated carbocycles. The lowest BCUT2D eigenvalue weighted by Crippen LogP contribution is -2.02. The molecule has 82 valence electrons. The first-order valence-corrected chi connectivity index (χ1v) is 5.41. The Morgan fingerprint density at radius 1 is 1.31 bits per heavy atom. The van der Waals surface area contributed by atoms with Crippen molar-refractivity contribution in [3.05, 3.63) is 29.0 Å². The van der Waals surface area contributed by atoms with Gasteiger partial charge >= 0.3 is 0 Å². The monoisotopic (exact) mass is 216 g/mol. The minimum absolute atomic E-state index is 0.476. The SMILES string of the molecule is COc1ccc2oc(C=O)c3c2c1CCC3. The van der Waals surface area contributed by atoms with Gasteiger partial charge in [0.1, 0.15) is 11.3 Å². The predicted molar refractivity (Wildman–Crippen MR) is 60.2 cm³/mol. The van der Waals surface area contributed by atoms with Crippen LogP contribution in [-0.2, 0) is 12.8 Å². The lowest BCUT2D eigenvalue weighted by Gasteiger charge is -2.14. The van der Waals surface area contributed by atoms with Crippen molar-refractivity contribution in [2.24, 2.45) is 0 Å². The molecular formula is C13H12O3. The number of hydrogen-bond donors (Lipinski definition) is 0. The van der Waals surface area contributed by atoms with E-state index in [1.807, 2.05) is 12.1 Å². The van der Waals surface area contributed by atoms with E-state index in [1.54, 1.807) is 7.11 Å². The molecule has 1 aliphatic carbocycles. The zero-order valence-electron chi connectivity index (χ0n) is 9.08. The van der Waals surface area contributed by atoms with Crippen molar-refractivity contribution >= 4 is 17.3 Å². The highest BCUT2D eigenvalue weighted by Crippen LogP contribution is 2.38. The van der Waals surface area contributed by atoms with E-state index >= 15 is 0 Å². The van der Waals surface area contributed by atoms with Gasteiger partial charge in [-0.05, 0) is 31.4 Å². The molecule has 1 aromatic heterocycles. The molecule has 0 bridgehead atoms. The van der Waals surface area contributed by atoms with Gasteiger partial charge < -0.3 is 9.15 Å². The minimum Gasteiger partial charge on any atom is -0.496 e. The number of aldehydes is 1. The van der Waals surface area contributed by atoms with Gasteiger partial charge in [-0.25, -0.2) is 0 Å². The molecule has 0 saturated heterocycles. The number of benzene rings is 1. The summed E-state index contributed by atoms with van der Waals surface area (Å²) in [6.07, 6.45) is 3.76. The first kappa shape index (κ1) is 9.46. The summed E-state index contributed by atoms with van der Waals surface area (Å²) in [6, 6.07) is 3.78. The van der Waals surface area contributed by atoms with Crippen LogP contribution in [0.1, 0.15) is 28.1 Å². The van der Waals surface area contributed by atoms with Crippen molar-refractivity contribution in [3.63, 3.8) is 0 Å². The van der Waals surface area contributed by atoms with E-state index in [2.05, 4.69) is 0 Å². The van der Waals surface area contributed by atoms with E-state index in [0.29, 0.717) is 5.76 Å². The van der Waals surface area contributed by atoms with Crippen LogP contribution in [0, 0.1) is 0 Å². The van der Waals surface area contributed by atoms with E-state index in [0.717, 1.165) is 47.8 Å². The molecule has 3 nitrogen and oxygen atoms in total. The fourth-order valence-corrected chi connectivity index (χ4v) is 2.55. The van der Waals surface area contributed by atoms with E-state index in [9.17, 15) is 4.79 Å². The largest absolute Gasteiger partial charge is 0.496 e. The summed E-state index contributed by atoms with van der Waals surface area (Å²) >= 11 is 0. The quantitative estimate of drug-likeness (QED) is 0.724. The molecule has 0 N–H and O–H groups in total. The van der Waals surface area contributed by atoms with Crippen molar-refractivity contribution in [2.45, 2.75) is 19.3 Å². The third-order valence-electron chi connectivity index (χ3n) is 3.23. The maximum atomic E-state index is 10.9. The van der Waals surface area contributed by atoms with Crippen LogP contribution < -0.4 is 4.74 Å². The van der Waals surface area contributed by atoms with Crippen molar-refractivity contribution < 1.29 is 13.9 Å². The Balaban J connectivity index is 2.42. The predicted octanol–water partition coefficient (Wildman–Crippen LogP) is 2.74. The molecule has 1 aliphatic rings.